The molecule has 2 aromatic rings. The van der Waals surface area contributed by atoms with E-state index in [9.17, 15) is 0 Å². The topological polar surface area (TPSA) is 47.1 Å². The van der Waals surface area contributed by atoms with Crippen LogP contribution in [0.1, 0.15) is 25.6 Å². The summed E-state index contributed by atoms with van der Waals surface area (Å²) in [6.45, 7) is 5.28. The van der Waals surface area contributed by atoms with E-state index in [1.807, 2.05) is 18.5 Å². The summed E-state index contributed by atoms with van der Waals surface area (Å²) in [5, 5.41) is 0. The number of aromatic nitrogens is 2. The Labute approximate surface area is 126 Å². The van der Waals surface area contributed by atoms with E-state index in [-0.39, 0.29) is 0 Å². The standard InChI is InChI=1S/C17H24N4/c1-14(18)15-7-10-20(11-8-15)13-17-19-9-12-21(17)16-5-3-2-4-6-16/h2-6,9,12,14-15H,7-8,10-11,13,18H2,1H3. The number of rotatable bonds is 4. The fraction of sp³-hybridized carbons (Fsp3) is 0.471. The van der Waals surface area contributed by atoms with Crippen LogP contribution in [0.4, 0.5) is 0 Å². The molecule has 0 spiro atoms. The number of likely N-dealkylation sites (tertiary alicyclic amines) is 1. The highest BCUT2D eigenvalue weighted by atomic mass is 15.2. The SMILES string of the molecule is CC(N)C1CCN(Cc2nccn2-c2ccccc2)CC1. The van der Waals surface area contributed by atoms with Gasteiger partial charge < -0.3 is 10.3 Å². The van der Waals surface area contributed by atoms with Crippen LogP contribution in [-0.4, -0.2) is 33.6 Å². The van der Waals surface area contributed by atoms with Crippen molar-refractivity contribution in [2.75, 3.05) is 13.1 Å². The molecule has 1 aromatic carbocycles. The quantitative estimate of drug-likeness (QED) is 0.938. The zero-order valence-corrected chi connectivity index (χ0v) is 12.7. The van der Waals surface area contributed by atoms with Gasteiger partial charge in [0, 0.05) is 24.1 Å². The van der Waals surface area contributed by atoms with Gasteiger partial charge in [0.15, 0.2) is 0 Å². The third kappa shape index (κ3) is 3.34. The normalized spacial score (nSPS) is 18.8. The van der Waals surface area contributed by atoms with Crippen LogP contribution in [0, 0.1) is 5.92 Å². The molecule has 2 heterocycles. The Morgan fingerprint density at radius 1 is 1.24 bits per heavy atom. The van der Waals surface area contributed by atoms with Crippen LogP contribution in [0.25, 0.3) is 5.69 Å². The van der Waals surface area contributed by atoms with Gasteiger partial charge in [-0.1, -0.05) is 18.2 Å². The van der Waals surface area contributed by atoms with Gasteiger partial charge in [0.25, 0.3) is 0 Å². The molecule has 21 heavy (non-hydrogen) atoms. The number of nitrogens with two attached hydrogens (primary N) is 1. The molecule has 3 rings (SSSR count). The average Bonchev–Trinajstić information content (AvgIpc) is 2.97. The summed E-state index contributed by atoms with van der Waals surface area (Å²) in [6.07, 6.45) is 6.32. The van der Waals surface area contributed by atoms with E-state index >= 15 is 0 Å². The third-order valence-corrected chi connectivity index (χ3v) is 4.49. The maximum atomic E-state index is 6.01. The molecule has 4 heteroatoms. The second-order valence-electron chi connectivity index (χ2n) is 6.02. The van der Waals surface area contributed by atoms with Gasteiger partial charge in [-0.3, -0.25) is 4.90 Å². The number of piperidine rings is 1. The van der Waals surface area contributed by atoms with Gasteiger partial charge in [0.2, 0.25) is 0 Å². The summed E-state index contributed by atoms with van der Waals surface area (Å²) in [4.78, 5) is 7.02. The summed E-state index contributed by atoms with van der Waals surface area (Å²) in [5.41, 5.74) is 7.19. The van der Waals surface area contributed by atoms with Crippen molar-refractivity contribution in [3.63, 3.8) is 0 Å². The van der Waals surface area contributed by atoms with Gasteiger partial charge >= 0.3 is 0 Å². The third-order valence-electron chi connectivity index (χ3n) is 4.49. The summed E-state index contributed by atoms with van der Waals surface area (Å²) in [7, 11) is 0. The van der Waals surface area contributed by atoms with Crippen molar-refractivity contribution < 1.29 is 0 Å². The Morgan fingerprint density at radius 2 is 1.95 bits per heavy atom. The zero-order chi connectivity index (χ0) is 14.7. The molecule has 1 saturated heterocycles. The fourth-order valence-electron chi connectivity index (χ4n) is 3.11. The fourth-order valence-corrected chi connectivity index (χ4v) is 3.11. The number of hydrogen-bond donors (Lipinski definition) is 1. The Morgan fingerprint density at radius 3 is 2.62 bits per heavy atom. The van der Waals surface area contributed by atoms with Gasteiger partial charge in [-0.15, -0.1) is 0 Å². The highest BCUT2D eigenvalue weighted by molar-refractivity contribution is 5.32. The number of hydrogen-bond acceptors (Lipinski definition) is 3. The average molecular weight is 284 g/mol. The lowest BCUT2D eigenvalue weighted by molar-refractivity contribution is 0.162. The molecule has 1 fully saturated rings. The molecule has 0 amide bonds. The molecule has 1 aliphatic rings. The van der Waals surface area contributed by atoms with Crippen molar-refractivity contribution in [3.05, 3.63) is 48.5 Å². The number of benzene rings is 1. The lowest BCUT2D eigenvalue weighted by atomic mass is 9.91. The van der Waals surface area contributed by atoms with Gasteiger partial charge in [-0.2, -0.15) is 0 Å². The largest absolute Gasteiger partial charge is 0.328 e. The molecule has 0 radical (unpaired) electrons. The molecule has 112 valence electrons. The molecule has 0 aliphatic carbocycles. The maximum Gasteiger partial charge on any atom is 0.127 e. The minimum Gasteiger partial charge on any atom is -0.328 e. The van der Waals surface area contributed by atoms with Crippen LogP contribution in [-0.2, 0) is 6.54 Å². The van der Waals surface area contributed by atoms with E-state index in [4.69, 9.17) is 5.73 Å². The molecule has 1 unspecified atom stereocenters. The highest BCUT2D eigenvalue weighted by Gasteiger charge is 2.22. The van der Waals surface area contributed by atoms with E-state index in [2.05, 4.69) is 45.6 Å². The van der Waals surface area contributed by atoms with E-state index in [1.165, 1.54) is 18.5 Å². The molecule has 1 aliphatic heterocycles. The molecule has 1 atom stereocenters. The van der Waals surface area contributed by atoms with E-state index < -0.39 is 0 Å². The zero-order valence-electron chi connectivity index (χ0n) is 12.7. The van der Waals surface area contributed by atoms with E-state index in [1.54, 1.807) is 0 Å². The van der Waals surface area contributed by atoms with Crippen molar-refractivity contribution >= 4 is 0 Å². The molecular weight excluding hydrogens is 260 g/mol. The van der Waals surface area contributed by atoms with Crippen molar-refractivity contribution in [2.24, 2.45) is 11.7 Å². The van der Waals surface area contributed by atoms with Crippen LogP contribution in [0.2, 0.25) is 0 Å². The number of nitrogens with zero attached hydrogens (tertiary/aromatic N) is 3. The minimum atomic E-state index is 0.318. The van der Waals surface area contributed by atoms with Gasteiger partial charge in [-0.25, -0.2) is 4.98 Å². The summed E-state index contributed by atoms with van der Waals surface area (Å²) in [5.74, 6) is 1.79. The predicted molar refractivity (Wildman–Crippen MR) is 85.2 cm³/mol. The van der Waals surface area contributed by atoms with E-state index in [0.29, 0.717) is 12.0 Å². The second kappa shape index (κ2) is 6.41. The van der Waals surface area contributed by atoms with Crippen molar-refractivity contribution in [1.82, 2.24) is 14.5 Å². The summed E-state index contributed by atoms with van der Waals surface area (Å²) >= 11 is 0. The molecule has 0 bridgehead atoms. The Bertz CT molecular complexity index is 553. The predicted octanol–water partition coefficient (Wildman–Crippen LogP) is 2.43. The first kappa shape index (κ1) is 14.3. The van der Waals surface area contributed by atoms with Crippen LogP contribution in [0.15, 0.2) is 42.7 Å². The Kier molecular flexibility index (Phi) is 4.36. The molecular formula is C17H24N4. The second-order valence-corrected chi connectivity index (χ2v) is 6.02. The van der Waals surface area contributed by atoms with Crippen molar-refractivity contribution in [2.45, 2.75) is 32.4 Å². The monoisotopic (exact) mass is 284 g/mol. The summed E-state index contributed by atoms with van der Waals surface area (Å²) in [6, 6.07) is 10.7. The van der Waals surface area contributed by atoms with Crippen LogP contribution < -0.4 is 5.73 Å². The molecule has 4 nitrogen and oxygen atoms in total. The van der Waals surface area contributed by atoms with Crippen LogP contribution in [0.5, 0.6) is 0 Å². The lowest BCUT2D eigenvalue weighted by Gasteiger charge is -2.33. The highest BCUT2D eigenvalue weighted by Crippen LogP contribution is 2.21. The Balaban J connectivity index is 1.66. The Hall–Kier alpha value is -1.65. The van der Waals surface area contributed by atoms with Gasteiger partial charge in [0.05, 0.1) is 6.54 Å². The first-order valence-electron chi connectivity index (χ1n) is 7.79. The van der Waals surface area contributed by atoms with Crippen molar-refractivity contribution in [1.29, 1.82) is 0 Å². The number of para-hydroxylation sites is 1. The van der Waals surface area contributed by atoms with Gasteiger partial charge in [0.1, 0.15) is 5.82 Å². The minimum absolute atomic E-state index is 0.318. The van der Waals surface area contributed by atoms with E-state index in [0.717, 1.165) is 25.5 Å². The van der Waals surface area contributed by atoms with Crippen LogP contribution in [0.3, 0.4) is 0 Å². The first-order valence-corrected chi connectivity index (χ1v) is 7.79. The van der Waals surface area contributed by atoms with Crippen LogP contribution >= 0.6 is 0 Å². The smallest absolute Gasteiger partial charge is 0.127 e. The molecule has 2 N–H and O–H groups in total. The van der Waals surface area contributed by atoms with Crippen molar-refractivity contribution in [3.8, 4) is 5.69 Å². The summed E-state index contributed by atoms with van der Waals surface area (Å²) < 4.78 is 2.18. The molecule has 0 saturated carbocycles. The molecule has 1 aromatic heterocycles. The van der Waals surface area contributed by atoms with Gasteiger partial charge in [-0.05, 0) is 50.9 Å². The number of imidazole rings is 1. The first-order chi connectivity index (χ1) is 10.2. The maximum absolute atomic E-state index is 6.01. The lowest BCUT2D eigenvalue weighted by Crippen LogP contribution is -2.39.